The number of rotatable bonds is 8. The third kappa shape index (κ3) is 5.68. The summed E-state index contributed by atoms with van der Waals surface area (Å²) in [6.07, 6.45) is 0. The van der Waals surface area contributed by atoms with Crippen LogP contribution < -0.4 is 10.1 Å². The topological polar surface area (TPSA) is 75.7 Å². The molecule has 3 rings (SSSR count). The summed E-state index contributed by atoms with van der Waals surface area (Å²) < 4.78 is 45.0. The maximum absolute atomic E-state index is 13.2. The van der Waals surface area contributed by atoms with E-state index in [0.29, 0.717) is 16.9 Å². The molecule has 0 fully saturated rings. The molecule has 31 heavy (non-hydrogen) atoms. The first-order valence-electron chi connectivity index (χ1n) is 9.51. The lowest BCUT2D eigenvalue weighted by Gasteiger charge is -2.17. The van der Waals surface area contributed by atoms with E-state index in [4.69, 9.17) is 4.74 Å². The lowest BCUT2D eigenvalue weighted by atomic mass is 10.1. The Kier molecular flexibility index (Phi) is 7.04. The number of nitrogens with zero attached hydrogens (tertiary/aromatic N) is 1. The molecule has 8 heteroatoms. The monoisotopic (exact) mass is 442 g/mol. The van der Waals surface area contributed by atoms with Crippen LogP contribution in [0.4, 0.5) is 4.39 Å². The quantitative estimate of drug-likeness (QED) is 0.579. The number of nitrogens with one attached hydrogen (secondary N) is 1. The fourth-order valence-corrected chi connectivity index (χ4v) is 4.12. The minimum absolute atomic E-state index is 0.152. The molecule has 3 aromatic rings. The van der Waals surface area contributed by atoms with Gasteiger partial charge in [-0.15, -0.1) is 0 Å². The minimum Gasteiger partial charge on any atom is -0.497 e. The molecule has 0 atom stereocenters. The third-order valence-corrected chi connectivity index (χ3v) is 6.55. The number of ether oxygens (including phenoxy) is 1. The van der Waals surface area contributed by atoms with Gasteiger partial charge in [-0.05, 0) is 59.7 Å². The zero-order valence-corrected chi connectivity index (χ0v) is 18.0. The van der Waals surface area contributed by atoms with Crippen molar-refractivity contribution in [2.75, 3.05) is 14.2 Å². The van der Waals surface area contributed by atoms with Gasteiger partial charge in [0.2, 0.25) is 10.0 Å². The van der Waals surface area contributed by atoms with Gasteiger partial charge < -0.3 is 10.1 Å². The highest BCUT2D eigenvalue weighted by molar-refractivity contribution is 7.89. The Bertz CT molecular complexity index is 1150. The number of sulfonamides is 1. The van der Waals surface area contributed by atoms with E-state index < -0.39 is 10.0 Å². The van der Waals surface area contributed by atoms with Crippen LogP contribution in [0.15, 0.2) is 77.7 Å². The Labute approximate surface area is 181 Å². The summed E-state index contributed by atoms with van der Waals surface area (Å²) in [4.78, 5) is 12.5. The van der Waals surface area contributed by atoms with E-state index in [2.05, 4.69) is 5.32 Å². The highest BCUT2D eigenvalue weighted by Crippen LogP contribution is 2.20. The van der Waals surface area contributed by atoms with Crippen molar-refractivity contribution < 1.29 is 22.3 Å². The molecule has 0 saturated carbocycles. The standard InChI is InChI=1S/C23H23FN2O4S/c1-26(31(28,29)22-12-10-21(30-2)11-13-22)16-17-6-8-19(9-7-17)23(27)25-15-18-4-3-5-20(24)14-18/h3-14H,15-16H2,1-2H3,(H,25,27). The summed E-state index contributed by atoms with van der Waals surface area (Å²) in [6.45, 7) is 0.362. The van der Waals surface area contributed by atoms with E-state index in [1.54, 1.807) is 48.5 Å². The van der Waals surface area contributed by atoms with Gasteiger partial charge in [-0.2, -0.15) is 4.31 Å². The van der Waals surface area contributed by atoms with Crippen LogP contribution in [0.2, 0.25) is 0 Å². The van der Waals surface area contributed by atoms with Gasteiger partial charge >= 0.3 is 0 Å². The Balaban J connectivity index is 1.61. The van der Waals surface area contributed by atoms with Crippen molar-refractivity contribution in [3.8, 4) is 5.75 Å². The first kappa shape index (κ1) is 22.5. The molecule has 0 aliphatic carbocycles. The number of amides is 1. The average Bonchev–Trinajstić information content (AvgIpc) is 2.78. The zero-order valence-electron chi connectivity index (χ0n) is 17.2. The highest BCUT2D eigenvalue weighted by atomic mass is 32.2. The molecule has 0 aromatic heterocycles. The van der Waals surface area contributed by atoms with E-state index in [9.17, 15) is 17.6 Å². The SMILES string of the molecule is COc1ccc(S(=O)(=O)N(C)Cc2ccc(C(=O)NCc3cccc(F)c3)cc2)cc1. The van der Waals surface area contributed by atoms with E-state index in [1.807, 2.05) is 0 Å². The predicted octanol–water partition coefficient (Wildman–Crippen LogP) is 3.59. The summed E-state index contributed by atoms with van der Waals surface area (Å²) in [5.74, 6) is -0.0762. The minimum atomic E-state index is -3.66. The Hall–Kier alpha value is -3.23. The Morgan fingerprint density at radius 1 is 1.00 bits per heavy atom. The van der Waals surface area contributed by atoms with Crippen molar-refractivity contribution in [3.63, 3.8) is 0 Å². The lowest BCUT2D eigenvalue weighted by Crippen LogP contribution is -2.26. The highest BCUT2D eigenvalue weighted by Gasteiger charge is 2.21. The summed E-state index contributed by atoms with van der Waals surface area (Å²) in [5, 5.41) is 2.74. The molecular weight excluding hydrogens is 419 g/mol. The van der Waals surface area contributed by atoms with Crippen LogP contribution in [0.1, 0.15) is 21.5 Å². The van der Waals surface area contributed by atoms with Crippen molar-refractivity contribution in [2.45, 2.75) is 18.0 Å². The summed E-state index contributed by atoms with van der Waals surface area (Å²) in [6, 6.07) is 18.9. The van der Waals surface area contributed by atoms with Crippen LogP contribution in [-0.2, 0) is 23.1 Å². The van der Waals surface area contributed by atoms with Crippen molar-refractivity contribution >= 4 is 15.9 Å². The van der Waals surface area contributed by atoms with Gasteiger partial charge in [0, 0.05) is 25.7 Å². The van der Waals surface area contributed by atoms with E-state index in [-0.39, 0.29) is 29.7 Å². The van der Waals surface area contributed by atoms with Crippen LogP contribution in [0.25, 0.3) is 0 Å². The predicted molar refractivity (Wildman–Crippen MR) is 116 cm³/mol. The van der Waals surface area contributed by atoms with Crippen LogP contribution in [0, 0.1) is 5.82 Å². The average molecular weight is 443 g/mol. The molecular formula is C23H23FN2O4S. The van der Waals surface area contributed by atoms with Crippen LogP contribution in [-0.4, -0.2) is 32.8 Å². The van der Waals surface area contributed by atoms with Gasteiger partial charge in [0.25, 0.3) is 5.91 Å². The first-order valence-corrected chi connectivity index (χ1v) is 11.0. The Morgan fingerprint density at radius 3 is 2.29 bits per heavy atom. The van der Waals surface area contributed by atoms with Crippen LogP contribution in [0.5, 0.6) is 5.75 Å². The fraction of sp³-hybridized carbons (Fsp3) is 0.174. The number of carbonyl (C=O) groups excluding carboxylic acids is 1. The molecule has 3 aromatic carbocycles. The number of benzene rings is 3. The molecule has 0 radical (unpaired) electrons. The summed E-state index contributed by atoms with van der Waals surface area (Å²) in [7, 11) is -0.649. The third-order valence-electron chi connectivity index (χ3n) is 4.73. The first-order chi connectivity index (χ1) is 14.8. The van der Waals surface area contributed by atoms with Gasteiger partial charge in [-0.25, -0.2) is 12.8 Å². The number of methoxy groups -OCH3 is 1. The van der Waals surface area contributed by atoms with Gasteiger partial charge in [-0.3, -0.25) is 4.79 Å². The van der Waals surface area contributed by atoms with E-state index in [0.717, 1.165) is 5.56 Å². The van der Waals surface area contributed by atoms with Crippen molar-refractivity contribution in [1.82, 2.24) is 9.62 Å². The molecule has 0 spiro atoms. The normalized spacial score (nSPS) is 11.4. The number of hydrogen-bond acceptors (Lipinski definition) is 4. The molecule has 0 bridgehead atoms. The maximum Gasteiger partial charge on any atom is 0.251 e. The molecule has 1 N–H and O–H groups in total. The second-order valence-corrected chi connectivity index (χ2v) is 8.99. The molecule has 1 amide bonds. The second-order valence-electron chi connectivity index (χ2n) is 6.95. The second kappa shape index (κ2) is 9.72. The number of hydrogen-bond donors (Lipinski definition) is 1. The summed E-state index contributed by atoms with van der Waals surface area (Å²) in [5.41, 5.74) is 1.83. The summed E-state index contributed by atoms with van der Waals surface area (Å²) >= 11 is 0. The molecule has 0 aliphatic heterocycles. The van der Waals surface area contributed by atoms with Gasteiger partial charge in [0.1, 0.15) is 11.6 Å². The fourth-order valence-electron chi connectivity index (χ4n) is 2.96. The number of halogens is 1. The van der Waals surface area contributed by atoms with Gasteiger partial charge in [0.05, 0.1) is 12.0 Å². The molecule has 162 valence electrons. The number of carbonyl (C=O) groups is 1. The van der Waals surface area contributed by atoms with Crippen LogP contribution in [0.3, 0.4) is 0 Å². The van der Waals surface area contributed by atoms with Gasteiger partial charge in [-0.1, -0.05) is 24.3 Å². The molecule has 0 aliphatic rings. The maximum atomic E-state index is 13.2. The Morgan fingerprint density at radius 2 is 1.68 bits per heavy atom. The van der Waals surface area contributed by atoms with E-state index in [1.165, 1.54) is 42.7 Å². The molecule has 0 heterocycles. The van der Waals surface area contributed by atoms with E-state index >= 15 is 0 Å². The smallest absolute Gasteiger partial charge is 0.251 e. The van der Waals surface area contributed by atoms with Crippen molar-refractivity contribution in [3.05, 3.63) is 95.3 Å². The molecule has 6 nitrogen and oxygen atoms in total. The van der Waals surface area contributed by atoms with Crippen LogP contribution >= 0.6 is 0 Å². The molecule has 0 saturated heterocycles. The zero-order chi connectivity index (χ0) is 22.4. The van der Waals surface area contributed by atoms with Crippen molar-refractivity contribution in [2.24, 2.45) is 0 Å². The lowest BCUT2D eigenvalue weighted by molar-refractivity contribution is 0.0951. The van der Waals surface area contributed by atoms with Gasteiger partial charge in [0.15, 0.2) is 0 Å². The van der Waals surface area contributed by atoms with Crippen molar-refractivity contribution in [1.29, 1.82) is 0 Å². The largest absolute Gasteiger partial charge is 0.497 e. The molecule has 0 unspecified atom stereocenters.